The molecule has 7 heteroatoms. The Balaban J connectivity index is 1.74. The molecule has 1 saturated carbocycles. The maximum absolute atomic E-state index is 12.0. The Hall–Kier alpha value is -1.79. The van der Waals surface area contributed by atoms with Gasteiger partial charge < -0.3 is 20.6 Å². The van der Waals surface area contributed by atoms with E-state index >= 15 is 0 Å². The van der Waals surface area contributed by atoms with Crippen LogP contribution in [0.25, 0.3) is 0 Å². The van der Waals surface area contributed by atoms with Crippen molar-refractivity contribution in [2.24, 2.45) is 5.92 Å². The minimum Gasteiger partial charge on any atom is -0.481 e. The Kier molecular flexibility index (Phi) is 4.46. The number of carbonyl (C=O) groups is 3. The topological polar surface area (TPSA) is 98.7 Å². The van der Waals surface area contributed by atoms with Crippen LogP contribution in [0.5, 0.6) is 0 Å². The fraction of sp³-hybridized carbons (Fsp3) is 0.769. The zero-order valence-electron chi connectivity index (χ0n) is 11.6. The molecule has 0 aromatic heterocycles. The average molecular weight is 283 g/mol. The van der Waals surface area contributed by atoms with Crippen molar-refractivity contribution in [1.82, 2.24) is 15.5 Å². The number of hydrogen-bond acceptors (Lipinski definition) is 3. The second kappa shape index (κ2) is 6.11. The van der Waals surface area contributed by atoms with Gasteiger partial charge in [-0.2, -0.15) is 0 Å². The zero-order valence-corrected chi connectivity index (χ0v) is 11.6. The monoisotopic (exact) mass is 283 g/mol. The number of carbonyl (C=O) groups excluding carboxylic acids is 2. The number of rotatable bonds is 4. The molecule has 20 heavy (non-hydrogen) atoms. The van der Waals surface area contributed by atoms with E-state index in [1.807, 2.05) is 6.92 Å². The molecule has 2 unspecified atom stereocenters. The summed E-state index contributed by atoms with van der Waals surface area (Å²) in [5.41, 5.74) is 0. The van der Waals surface area contributed by atoms with Gasteiger partial charge >= 0.3 is 12.0 Å². The largest absolute Gasteiger partial charge is 0.481 e. The van der Waals surface area contributed by atoms with Crippen LogP contribution in [0.4, 0.5) is 4.79 Å². The summed E-state index contributed by atoms with van der Waals surface area (Å²) in [4.78, 5) is 36.0. The van der Waals surface area contributed by atoms with Crippen LogP contribution in [0.1, 0.15) is 32.6 Å². The Morgan fingerprint density at radius 1 is 1.25 bits per heavy atom. The van der Waals surface area contributed by atoms with Crippen LogP contribution in [0.3, 0.4) is 0 Å². The van der Waals surface area contributed by atoms with E-state index in [1.165, 1.54) is 0 Å². The Morgan fingerprint density at radius 2 is 1.95 bits per heavy atom. The maximum Gasteiger partial charge on any atom is 0.318 e. The van der Waals surface area contributed by atoms with Crippen molar-refractivity contribution in [2.75, 3.05) is 13.1 Å². The fourth-order valence-electron chi connectivity index (χ4n) is 2.46. The van der Waals surface area contributed by atoms with E-state index in [0.29, 0.717) is 19.4 Å². The quantitative estimate of drug-likeness (QED) is 0.684. The van der Waals surface area contributed by atoms with E-state index in [2.05, 4.69) is 10.6 Å². The lowest BCUT2D eigenvalue weighted by Gasteiger charge is -2.36. The predicted octanol–water partition coefficient (Wildman–Crippen LogP) is 0.160. The highest BCUT2D eigenvalue weighted by Crippen LogP contribution is 2.23. The van der Waals surface area contributed by atoms with Gasteiger partial charge in [0.05, 0.1) is 12.5 Å². The highest BCUT2D eigenvalue weighted by molar-refractivity contribution is 5.84. The van der Waals surface area contributed by atoms with Gasteiger partial charge in [0.25, 0.3) is 0 Å². The summed E-state index contributed by atoms with van der Waals surface area (Å²) < 4.78 is 0. The summed E-state index contributed by atoms with van der Waals surface area (Å²) in [7, 11) is 0. The van der Waals surface area contributed by atoms with Gasteiger partial charge in [-0.05, 0) is 32.6 Å². The van der Waals surface area contributed by atoms with Crippen molar-refractivity contribution in [3.8, 4) is 0 Å². The van der Waals surface area contributed by atoms with Gasteiger partial charge in [-0.1, -0.05) is 0 Å². The molecule has 2 fully saturated rings. The number of nitrogens with zero attached hydrogens (tertiary/aromatic N) is 1. The Morgan fingerprint density at radius 3 is 2.50 bits per heavy atom. The van der Waals surface area contributed by atoms with Crippen molar-refractivity contribution in [3.63, 3.8) is 0 Å². The molecular weight excluding hydrogens is 262 g/mol. The first-order chi connectivity index (χ1) is 9.47. The van der Waals surface area contributed by atoms with Gasteiger partial charge in [0.1, 0.15) is 0 Å². The molecule has 2 rings (SSSR count). The first-order valence-corrected chi connectivity index (χ1v) is 7.04. The number of carboxylic acid groups (broad SMARTS) is 1. The molecule has 2 aliphatic rings. The minimum atomic E-state index is -0.805. The minimum absolute atomic E-state index is 0.0269. The standard InChI is InChI=1S/C13H21N3O4/c1-8-6-9(12(18)19)4-5-16(8)13(20)14-7-11(17)15-10-2-3-10/h8-10H,2-7H2,1H3,(H,14,20)(H,15,17)(H,18,19). The van der Waals surface area contributed by atoms with Crippen LogP contribution in [0.15, 0.2) is 0 Å². The Bertz CT molecular complexity index is 408. The number of carboxylic acids is 1. The van der Waals surface area contributed by atoms with Crippen LogP contribution < -0.4 is 10.6 Å². The summed E-state index contributed by atoms with van der Waals surface area (Å²) in [5, 5.41) is 14.4. The van der Waals surface area contributed by atoms with Gasteiger partial charge in [-0.25, -0.2) is 4.79 Å². The molecule has 1 aliphatic heterocycles. The summed E-state index contributed by atoms with van der Waals surface area (Å²) in [6.45, 7) is 2.22. The predicted molar refractivity (Wildman–Crippen MR) is 71.1 cm³/mol. The molecule has 1 saturated heterocycles. The molecule has 3 N–H and O–H groups in total. The van der Waals surface area contributed by atoms with Gasteiger partial charge in [-0.3, -0.25) is 9.59 Å². The summed E-state index contributed by atoms with van der Waals surface area (Å²) in [6, 6.07) is -0.145. The molecule has 3 amide bonds. The van der Waals surface area contributed by atoms with Crippen molar-refractivity contribution in [2.45, 2.75) is 44.7 Å². The average Bonchev–Trinajstić information content (AvgIpc) is 3.19. The van der Waals surface area contributed by atoms with Crippen molar-refractivity contribution in [3.05, 3.63) is 0 Å². The summed E-state index contributed by atoms with van der Waals surface area (Å²) in [5.74, 6) is -1.36. The van der Waals surface area contributed by atoms with Crippen molar-refractivity contribution < 1.29 is 19.5 Å². The third-order valence-electron chi connectivity index (χ3n) is 3.83. The van der Waals surface area contributed by atoms with Crippen molar-refractivity contribution >= 4 is 17.9 Å². The number of urea groups is 1. The Labute approximate surface area is 117 Å². The molecule has 0 aromatic carbocycles. The summed E-state index contributed by atoms with van der Waals surface area (Å²) in [6.07, 6.45) is 2.94. The van der Waals surface area contributed by atoms with Crippen LogP contribution in [-0.2, 0) is 9.59 Å². The highest BCUT2D eigenvalue weighted by Gasteiger charge is 2.32. The van der Waals surface area contributed by atoms with E-state index in [-0.39, 0.29) is 36.5 Å². The number of aliphatic carboxylic acids is 1. The van der Waals surface area contributed by atoms with Gasteiger partial charge in [0, 0.05) is 18.6 Å². The molecule has 0 bridgehead atoms. The second-order valence-electron chi connectivity index (χ2n) is 5.60. The first kappa shape index (κ1) is 14.6. The first-order valence-electron chi connectivity index (χ1n) is 7.04. The van der Waals surface area contributed by atoms with E-state index in [9.17, 15) is 14.4 Å². The second-order valence-corrected chi connectivity index (χ2v) is 5.60. The molecule has 112 valence electrons. The number of nitrogens with one attached hydrogen (secondary N) is 2. The third-order valence-corrected chi connectivity index (χ3v) is 3.83. The molecule has 1 heterocycles. The van der Waals surface area contributed by atoms with Gasteiger partial charge in [0.2, 0.25) is 5.91 Å². The number of hydrogen-bond donors (Lipinski definition) is 3. The van der Waals surface area contributed by atoms with Crippen LogP contribution in [-0.4, -0.2) is 53.1 Å². The number of piperidine rings is 1. The SMILES string of the molecule is CC1CC(C(=O)O)CCN1C(=O)NCC(=O)NC1CC1. The third kappa shape index (κ3) is 3.85. The van der Waals surface area contributed by atoms with E-state index in [4.69, 9.17) is 5.11 Å². The molecular formula is C13H21N3O4. The highest BCUT2D eigenvalue weighted by atomic mass is 16.4. The lowest BCUT2D eigenvalue weighted by atomic mass is 9.92. The number of amides is 3. The molecule has 1 aliphatic carbocycles. The van der Waals surface area contributed by atoms with E-state index < -0.39 is 5.97 Å². The molecule has 7 nitrogen and oxygen atoms in total. The van der Waals surface area contributed by atoms with E-state index in [0.717, 1.165) is 12.8 Å². The zero-order chi connectivity index (χ0) is 14.7. The maximum atomic E-state index is 12.0. The van der Waals surface area contributed by atoms with Crippen LogP contribution in [0.2, 0.25) is 0 Å². The lowest BCUT2D eigenvalue weighted by Crippen LogP contribution is -2.51. The van der Waals surface area contributed by atoms with Crippen LogP contribution >= 0.6 is 0 Å². The van der Waals surface area contributed by atoms with Gasteiger partial charge in [0.15, 0.2) is 0 Å². The molecule has 0 spiro atoms. The molecule has 0 aromatic rings. The summed E-state index contributed by atoms with van der Waals surface area (Å²) >= 11 is 0. The fourth-order valence-corrected chi connectivity index (χ4v) is 2.46. The molecule has 0 radical (unpaired) electrons. The normalized spacial score (nSPS) is 25.9. The van der Waals surface area contributed by atoms with Crippen LogP contribution in [0, 0.1) is 5.92 Å². The van der Waals surface area contributed by atoms with Gasteiger partial charge in [-0.15, -0.1) is 0 Å². The number of likely N-dealkylation sites (tertiary alicyclic amines) is 1. The molecule has 2 atom stereocenters. The van der Waals surface area contributed by atoms with Crippen molar-refractivity contribution in [1.29, 1.82) is 0 Å². The van der Waals surface area contributed by atoms with E-state index in [1.54, 1.807) is 4.90 Å². The lowest BCUT2D eigenvalue weighted by molar-refractivity contribution is -0.143. The smallest absolute Gasteiger partial charge is 0.318 e.